The first-order valence-corrected chi connectivity index (χ1v) is 13.1. The number of halogens is 1. The number of rotatable bonds is 10. The van der Waals surface area contributed by atoms with Crippen LogP contribution in [0.5, 0.6) is 5.88 Å². The molecule has 2 aromatic heterocycles. The second kappa shape index (κ2) is 12.5. The number of benzene rings is 2. The number of pyridine rings is 1. The van der Waals surface area contributed by atoms with Crippen molar-refractivity contribution >= 4 is 28.8 Å². The summed E-state index contributed by atoms with van der Waals surface area (Å²) in [5.41, 5.74) is 4.31. The van der Waals surface area contributed by atoms with Crippen LogP contribution in [0.3, 0.4) is 0 Å². The number of carbonyl (C=O) groups is 1. The van der Waals surface area contributed by atoms with E-state index >= 15 is 0 Å². The van der Waals surface area contributed by atoms with E-state index in [9.17, 15) is 9.18 Å². The Labute approximate surface area is 226 Å². The van der Waals surface area contributed by atoms with Crippen LogP contribution in [0, 0.1) is 5.82 Å². The van der Waals surface area contributed by atoms with Crippen LogP contribution in [0.1, 0.15) is 25.3 Å². The van der Waals surface area contributed by atoms with E-state index in [1.165, 1.54) is 25.0 Å². The van der Waals surface area contributed by atoms with Crippen molar-refractivity contribution < 1.29 is 18.7 Å². The zero-order valence-electron chi connectivity index (χ0n) is 21.8. The molecule has 5 rings (SSSR count). The Kier molecular flexibility index (Phi) is 8.42. The second-order valence-corrected chi connectivity index (χ2v) is 9.22. The van der Waals surface area contributed by atoms with Gasteiger partial charge in [-0.15, -0.1) is 0 Å². The molecule has 0 bridgehead atoms. The highest BCUT2D eigenvalue weighted by atomic mass is 19.1. The van der Waals surface area contributed by atoms with Crippen molar-refractivity contribution in [2.24, 2.45) is 0 Å². The van der Waals surface area contributed by atoms with Crippen LogP contribution in [0.4, 0.5) is 20.8 Å². The monoisotopic (exact) mass is 530 g/mol. The molecule has 2 aromatic carbocycles. The molecule has 0 atom stereocenters. The van der Waals surface area contributed by atoms with Crippen LogP contribution >= 0.6 is 0 Å². The molecular formula is C29H31FN6O3. The van der Waals surface area contributed by atoms with Crippen molar-refractivity contribution in [3.05, 3.63) is 72.0 Å². The summed E-state index contributed by atoms with van der Waals surface area (Å²) in [6.07, 6.45) is 1.96. The van der Waals surface area contributed by atoms with Gasteiger partial charge in [0.05, 0.1) is 17.8 Å². The number of aromatic nitrogens is 3. The average Bonchev–Trinajstić information content (AvgIpc) is 3.47. The number of amides is 1. The Morgan fingerprint density at radius 1 is 0.974 bits per heavy atom. The number of nitrogens with zero attached hydrogens (tertiary/aromatic N) is 4. The molecule has 1 amide bonds. The predicted octanol–water partition coefficient (Wildman–Crippen LogP) is 5.49. The molecular weight excluding hydrogens is 499 g/mol. The third-order valence-corrected chi connectivity index (χ3v) is 6.42. The van der Waals surface area contributed by atoms with Gasteiger partial charge >= 0.3 is 6.09 Å². The van der Waals surface area contributed by atoms with E-state index in [1.807, 2.05) is 43.3 Å². The normalized spacial score (nSPS) is 13.4. The van der Waals surface area contributed by atoms with Crippen molar-refractivity contribution in [3.8, 4) is 17.1 Å². The second-order valence-electron chi connectivity index (χ2n) is 9.22. The third-order valence-electron chi connectivity index (χ3n) is 6.42. The highest BCUT2D eigenvalue weighted by molar-refractivity contribution is 5.86. The summed E-state index contributed by atoms with van der Waals surface area (Å²) in [4.78, 5) is 28.3. The van der Waals surface area contributed by atoms with Crippen LogP contribution < -0.4 is 15.4 Å². The largest absolute Gasteiger partial charge is 0.476 e. The molecule has 39 heavy (non-hydrogen) atoms. The summed E-state index contributed by atoms with van der Waals surface area (Å²) < 4.78 is 24.3. The minimum atomic E-state index is -0.465. The van der Waals surface area contributed by atoms with E-state index in [0.717, 1.165) is 36.5 Å². The molecule has 0 aliphatic carbocycles. The molecule has 1 saturated heterocycles. The van der Waals surface area contributed by atoms with E-state index < -0.39 is 6.09 Å². The molecule has 0 spiro atoms. The van der Waals surface area contributed by atoms with Crippen LogP contribution in [0.15, 0.2) is 60.7 Å². The lowest BCUT2D eigenvalue weighted by molar-refractivity contribution is 0.146. The number of likely N-dealkylation sites (tertiary alicyclic amines) is 1. The number of hydrogen-bond acceptors (Lipinski definition) is 8. The standard InChI is InChI=1S/C29H31FN6O3/c1-2-38-27-26-25(34-28(35-27)31-19-20-5-9-22(30)10-6-20)14-13-24(33-26)21-7-11-23(12-8-21)32-29(37)39-18-17-36-15-3-4-16-36/h5-14H,2-4,15-19H2,1H3,(H,32,37)(H,31,34,35). The lowest BCUT2D eigenvalue weighted by Crippen LogP contribution is -2.26. The Balaban J connectivity index is 1.25. The van der Waals surface area contributed by atoms with E-state index in [-0.39, 0.29) is 5.82 Å². The molecule has 0 unspecified atom stereocenters. The fraction of sp³-hybridized carbons (Fsp3) is 0.310. The molecule has 9 nitrogen and oxygen atoms in total. The molecule has 1 fully saturated rings. The van der Waals surface area contributed by atoms with Gasteiger partial charge in [0.2, 0.25) is 11.8 Å². The number of nitrogens with one attached hydrogen (secondary N) is 2. The van der Waals surface area contributed by atoms with Crippen molar-refractivity contribution in [3.63, 3.8) is 0 Å². The Morgan fingerprint density at radius 3 is 2.49 bits per heavy atom. The number of hydrogen-bond donors (Lipinski definition) is 2. The Morgan fingerprint density at radius 2 is 1.74 bits per heavy atom. The molecule has 0 radical (unpaired) electrons. The lowest BCUT2D eigenvalue weighted by atomic mass is 10.1. The summed E-state index contributed by atoms with van der Waals surface area (Å²) in [6, 6.07) is 17.4. The summed E-state index contributed by atoms with van der Waals surface area (Å²) in [5, 5.41) is 5.94. The summed E-state index contributed by atoms with van der Waals surface area (Å²) in [7, 11) is 0. The highest BCUT2D eigenvalue weighted by Gasteiger charge is 2.14. The topological polar surface area (TPSA) is 102 Å². The summed E-state index contributed by atoms with van der Waals surface area (Å²) in [5.74, 6) is 0.492. The lowest BCUT2D eigenvalue weighted by Gasteiger charge is -2.14. The van der Waals surface area contributed by atoms with Crippen LogP contribution in [-0.4, -0.2) is 58.8 Å². The van der Waals surface area contributed by atoms with Crippen molar-refractivity contribution in [2.45, 2.75) is 26.3 Å². The minimum Gasteiger partial charge on any atom is -0.476 e. The van der Waals surface area contributed by atoms with Gasteiger partial charge < -0.3 is 14.8 Å². The maximum atomic E-state index is 13.2. The predicted molar refractivity (Wildman–Crippen MR) is 148 cm³/mol. The molecule has 2 N–H and O–H groups in total. The highest BCUT2D eigenvalue weighted by Crippen LogP contribution is 2.27. The fourth-order valence-corrected chi connectivity index (χ4v) is 4.40. The first-order chi connectivity index (χ1) is 19.1. The summed E-state index contributed by atoms with van der Waals surface area (Å²) in [6.45, 7) is 6.02. The quantitative estimate of drug-likeness (QED) is 0.278. The van der Waals surface area contributed by atoms with Crippen molar-refractivity contribution in [1.82, 2.24) is 19.9 Å². The molecule has 1 aliphatic heterocycles. The van der Waals surface area contributed by atoms with Gasteiger partial charge in [0, 0.05) is 24.3 Å². The van der Waals surface area contributed by atoms with Crippen molar-refractivity contribution in [1.29, 1.82) is 0 Å². The van der Waals surface area contributed by atoms with E-state index in [2.05, 4.69) is 25.5 Å². The zero-order valence-corrected chi connectivity index (χ0v) is 21.8. The third kappa shape index (κ3) is 6.97. The first kappa shape index (κ1) is 26.3. The molecule has 0 saturated carbocycles. The molecule has 202 valence electrons. The maximum absolute atomic E-state index is 13.2. The van der Waals surface area contributed by atoms with E-state index in [4.69, 9.17) is 14.5 Å². The van der Waals surface area contributed by atoms with Gasteiger partial charge in [-0.3, -0.25) is 10.2 Å². The Hall–Kier alpha value is -4.31. The van der Waals surface area contributed by atoms with Gasteiger partial charge in [0.15, 0.2) is 5.52 Å². The number of anilines is 2. The van der Waals surface area contributed by atoms with Gasteiger partial charge in [0.25, 0.3) is 0 Å². The SMILES string of the molecule is CCOc1nc(NCc2ccc(F)cc2)nc2ccc(-c3ccc(NC(=O)OCCN4CCCC4)cc3)nc12. The number of fused-ring (bicyclic) bond motifs is 1. The first-order valence-electron chi connectivity index (χ1n) is 13.1. The van der Waals surface area contributed by atoms with Crippen molar-refractivity contribution in [2.75, 3.05) is 43.5 Å². The van der Waals surface area contributed by atoms with Crippen LogP contribution in [0.2, 0.25) is 0 Å². The van der Waals surface area contributed by atoms with E-state index in [0.29, 0.717) is 48.3 Å². The number of ether oxygens (including phenoxy) is 2. The fourth-order valence-electron chi connectivity index (χ4n) is 4.40. The van der Waals surface area contributed by atoms with Crippen LogP contribution in [-0.2, 0) is 11.3 Å². The molecule has 4 aromatic rings. The number of carbonyl (C=O) groups excluding carboxylic acids is 1. The van der Waals surface area contributed by atoms with Gasteiger partial charge in [-0.25, -0.2) is 19.2 Å². The molecule has 3 heterocycles. The Bertz CT molecular complexity index is 1410. The average molecular weight is 531 g/mol. The van der Waals surface area contributed by atoms with E-state index in [1.54, 1.807) is 12.1 Å². The minimum absolute atomic E-state index is 0.280. The molecule has 10 heteroatoms. The molecule has 1 aliphatic rings. The summed E-state index contributed by atoms with van der Waals surface area (Å²) >= 11 is 0. The van der Waals surface area contributed by atoms with Crippen LogP contribution in [0.25, 0.3) is 22.3 Å². The van der Waals surface area contributed by atoms with Gasteiger partial charge in [0.1, 0.15) is 12.4 Å². The smallest absolute Gasteiger partial charge is 0.411 e. The van der Waals surface area contributed by atoms with Gasteiger partial charge in [-0.2, -0.15) is 4.98 Å². The zero-order chi connectivity index (χ0) is 27.0. The van der Waals surface area contributed by atoms with Gasteiger partial charge in [-0.05, 0) is 74.8 Å². The maximum Gasteiger partial charge on any atom is 0.411 e. The van der Waals surface area contributed by atoms with Gasteiger partial charge in [-0.1, -0.05) is 24.3 Å².